The molecule has 29 heavy (non-hydrogen) atoms. The summed E-state index contributed by atoms with van der Waals surface area (Å²) >= 11 is 0. The second-order valence-corrected chi connectivity index (χ2v) is 8.19. The van der Waals surface area contributed by atoms with Crippen molar-refractivity contribution in [2.24, 2.45) is 5.92 Å². The summed E-state index contributed by atoms with van der Waals surface area (Å²) in [4.78, 5) is 17.9. The van der Waals surface area contributed by atoms with Gasteiger partial charge in [-0.15, -0.1) is 0 Å². The monoisotopic (exact) mass is 395 g/mol. The number of nitrogens with zero attached hydrogens (tertiary/aromatic N) is 2. The molecular formula is C24H30FN3O. The van der Waals surface area contributed by atoms with Gasteiger partial charge in [-0.2, -0.15) is 0 Å². The zero-order valence-corrected chi connectivity index (χ0v) is 17.9. The summed E-state index contributed by atoms with van der Waals surface area (Å²) in [5.74, 6) is 0.967. The molecule has 2 aromatic carbocycles. The Kier molecular flexibility index (Phi) is 6.36. The van der Waals surface area contributed by atoms with Gasteiger partial charge in [-0.1, -0.05) is 32.9 Å². The molecule has 3 rings (SSSR count). The number of carbonyl (C=O) groups excluding carboxylic acids is 1. The number of aryl methyl sites for hydroxylation is 2. The van der Waals surface area contributed by atoms with E-state index in [2.05, 4.69) is 49.7 Å². The number of aromatic nitrogens is 2. The molecule has 154 valence electrons. The highest BCUT2D eigenvalue weighted by Crippen LogP contribution is 2.27. The number of carbonyl (C=O) groups is 1. The molecule has 4 nitrogen and oxygen atoms in total. The molecule has 1 unspecified atom stereocenters. The minimum absolute atomic E-state index is 0.0130. The average Bonchev–Trinajstić information content (AvgIpc) is 3.00. The van der Waals surface area contributed by atoms with Crippen LogP contribution >= 0.6 is 0 Å². The second-order valence-electron chi connectivity index (χ2n) is 8.19. The Bertz CT molecular complexity index is 1010. The van der Waals surface area contributed by atoms with Crippen LogP contribution in [-0.2, 0) is 11.2 Å². The Morgan fingerprint density at radius 2 is 1.79 bits per heavy atom. The Hall–Kier alpha value is -2.69. The smallest absolute Gasteiger partial charge is 0.243 e. The second kappa shape index (κ2) is 8.76. The molecule has 0 aliphatic carbocycles. The summed E-state index contributed by atoms with van der Waals surface area (Å²) in [7, 11) is 0. The van der Waals surface area contributed by atoms with Crippen LogP contribution in [0.1, 0.15) is 55.7 Å². The van der Waals surface area contributed by atoms with Gasteiger partial charge >= 0.3 is 0 Å². The summed E-state index contributed by atoms with van der Waals surface area (Å²) in [5, 5.41) is 3.07. The van der Waals surface area contributed by atoms with Crippen LogP contribution in [-0.4, -0.2) is 22.0 Å². The van der Waals surface area contributed by atoms with Gasteiger partial charge in [0.2, 0.25) is 5.91 Å². The van der Waals surface area contributed by atoms with E-state index in [1.165, 1.54) is 23.3 Å². The Morgan fingerprint density at radius 1 is 1.14 bits per heavy atom. The number of nitrogens with one attached hydrogen (secondary N) is 1. The lowest BCUT2D eigenvalue weighted by molar-refractivity contribution is -0.124. The molecule has 0 fully saturated rings. The van der Waals surface area contributed by atoms with Gasteiger partial charge < -0.3 is 9.88 Å². The fourth-order valence-corrected chi connectivity index (χ4v) is 3.57. The molecule has 1 aromatic heterocycles. The van der Waals surface area contributed by atoms with Crippen LogP contribution in [0.3, 0.4) is 0 Å². The Labute approximate surface area is 172 Å². The first-order valence-electron chi connectivity index (χ1n) is 10.3. The molecule has 0 saturated heterocycles. The van der Waals surface area contributed by atoms with Crippen LogP contribution in [0.2, 0.25) is 0 Å². The molecule has 0 bridgehead atoms. The van der Waals surface area contributed by atoms with E-state index < -0.39 is 0 Å². The van der Waals surface area contributed by atoms with E-state index >= 15 is 0 Å². The van der Waals surface area contributed by atoms with E-state index in [0.717, 1.165) is 22.4 Å². The number of halogens is 1. The van der Waals surface area contributed by atoms with Crippen LogP contribution in [0.5, 0.6) is 0 Å². The van der Waals surface area contributed by atoms with Crippen molar-refractivity contribution in [2.75, 3.05) is 6.54 Å². The maximum atomic E-state index is 13.3. The molecule has 5 heteroatoms. The summed E-state index contributed by atoms with van der Waals surface area (Å²) in [5.41, 5.74) is 5.17. The largest absolute Gasteiger partial charge is 0.354 e. The minimum atomic E-state index is -0.337. The van der Waals surface area contributed by atoms with Crippen LogP contribution < -0.4 is 5.32 Å². The third-order valence-corrected chi connectivity index (χ3v) is 5.34. The van der Waals surface area contributed by atoms with Gasteiger partial charge in [0.25, 0.3) is 0 Å². The zero-order chi connectivity index (χ0) is 21.1. The predicted octanol–water partition coefficient (Wildman–Crippen LogP) is 5.11. The third kappa shape index (κ3) is 4.66. The van der Waals surface area contributed by atoms with Crippen molar-refractivity contribution in [1.82, 2.24) is 14.9 Å². The Balaban J connectivity index is 2.09. The lowest BCUT2D eigenvalue weighted by Crippen LogP contribution is -2.35. The van der Waals surface area contributed by atoms with Gasteiger partial charge in [0.05, 0.1) is 11.0 Å². The van der Waals surface area contributed by atoms with Crippen molar-refractivity contribution < 1.29 is 9.18 Å². The molecule has 1 N–H and O–H groups in total. The van der Waals surface area contributed by atoms with Crippen molar-refractivity contribution in [1.29, 1.82) is 0 Å². The lowest BCUT2D eigenvalue weighted by atomic mass is 10.1. The molecule has 1 amide bonds. The van der Waals surface area contributed by atoms with Crippen molar-refractivity contribution in [3.63, 3.8) is 0 Å². The van der Waals surface area contributed by atoms with E-state index in [4.69, 9.17) is 4.98 Å². The maximum Gasteiger partial charge on any atom is 0.243 e. The normalized spacial score (nSPS) is 12.5. The molecule has 0 aliphatic heterocycles. The van der Waals surface area contributed by atoms with E-state index in [0.29, 0.717) is 25.3 Å². The lowest BCUT2D eigenvalue weighted by Gasteiger charge is -2.21. The van der Waals surface area contributed by atoms with Crippen molar-refractivity contribution in [3.05, 3.63) is 64.7 Å². The van der Waals surface area contributed by atoms with E-state index in [1.54, 1.807) is 12.1 Å². The van der Waals surface area contributed by atoms with Gasteiger partial charge in [0.15, 0.2) is 0 Å². The van der Waals surface area contributed by atoms with Crippen molar-refractivity contribution >= 4 is 16.9 Å². The number of benzene rings is 2. The third-order valence-electron chi connectivity index (χ3n) is 5.34. The zero-order valence-electron chi connectivity index (χ0n) is 17.9. The van der Waals surface area contributed by atoms with Crippen LogP contribution in [0.25, 0.3) is 11.0 Å². The molecule has 0 spiro atoms. The van der Waals surface area contributed by atoms with Crippen molar-refractivity contribution in [2.45, 2.75) is 53.5 Å². The quantitative estimate of drug-likeness (QED) is 0.604. The maximum absolute atomic E-state index is 13.3. The van der Waals surface area contributed by atoms with Crippen molar-refractivity contribution in [3.8, 4) is 0 Å². The number of rotatable bonds is 7. The van der Waals surface area contributed by atoms with Crippen LogP contribution in [0, 0.1) is 25.6 Å². The fraction of sp³-hybridized carbons (Fsp3) is 0.417. The van der Waals surface area contributed by atoms with E-state index in [1.807, 2.05) is 6.92 Å². The van der Waals surface area contributed by atoms with Gasteiger partial charge in [-0.3, -0.25) is 4.79 Å². The first-order chi connectivity index (χ1) is 13.8. The van der Waals surface area contributed by atoms with Gasteiger partial charge in [-0.25, -0.2) is 9.37 Å². The number of amides is 1. The molecule has 3 aromatic rings. The fourth-order valence-electron chi connectivity index (χ4n) is 3.57. The van der Waals surface area contributed by atoms with Gasteiger partial charge in [0, 0.05) is 13.0 Å². The molecule has 0 aliphatic rings. The number of imidazole rings is 1. The molecule has 0 saturated carbocycles. The SMILES string of the molecule is CCC(C(=O)NCC(C)C)n1c(Cc2ccc(F)cc2)nc2cc(C)c(C)cc21. The highest BCUT2D eigenvalue weighted by molar-refractivity contribution is 5.85. The topological polar surface area (TPSA) is 46.9 Å². The van der Waals surface area contributed by atoms with Gasteiger partial charge in [0.1, 0.15) is 17.7 Å². The molecule has 0 radical (unpaired) electrons. The standard InChI is InChI=1S/C24H30FN3O/c1-6-21(24(29)26-14-15(2)3)28-22-12-17(5)16(4)11-20(22)27-23(28)13-18-7-9-19(25)10-8-18/h7-12,15,21H,6,13-14H2,1-5H3,(H,26,29). The summed E-state index contributed by atoms with van der Waals surface area (Å²) in [6.45, 7) is 11.0. The first kappa shape index (κ1) is 21.0. The molecule has 1 heterocycles. The predicted molar refractivity (Wildman–Crippen MR) is 116 cm³/mol. The van der Waals surface area contributed by atoms with E-state index in [-0.39, 0.29) is 17.8 Å². The molecule has 1 atom stereocenters. The number of fused-ring (bicyclic) bond motifs is 1. The highest BCUT2D eigenvalue weighted by atomic mass is 19.1. The van der Waals surface area contributed by atoms with Crippen LogP contribution in [0.4, 0.5) is 4.39 Å². The minimum Gasteiger partial charge on any atom is -0.354 e. The Morgan fingerprint density at radius 3 is 2.41 bits per heavy atom. The number of hydrogen-bond acceptors (Lipinski definition) is 2. The van der Waals surface area contributed by atoms with E-state index in [9.17, 15) is 9.18 Å². The highest BCUT2D eigenvalue weighted by Gasteiger charge is 2.24. The number of hydrogen-bond donors (Lipinski definition) is 1. The molecular weight excluding hydrogens is 365 g/mol. The summed E-state index contributed by atoms with van der Waals surface area (Å²) in [6, 6.07) is 10.3. The first-order valence-corrected chi connectivity index (χ1v) is 10.3. The van der Waals surface area contributed by atoms with Gasteiger partial charge in [-0.05, 0) is 67.1 Å². The summed E-state index contributed by atoms with van der Waals surface area (Å²) < 4.78 is 15.4. The van der Waals surface area contributed by atoms with Crippen LogP contribution in [0.15, 0.2) is 36.4 Å². The summed E-state index contributed by atoms with van der Waals surface area (Å²) in [6.07, 6.45) is 1.21. The average molecular weight is 396 g/mol.